The number of thiazole rings is 1. The molecule has 11 heteroatoms. The minimum Gasteiger partial charge on any atom is -0.495 e. The number of fused-ring (bicyclic) bond motifs is 1. The van der Waals surface area contributed by atoms with Gasteiger partial charge in [-0.2, -0.15) is 0 Å². The highest BCUT2D eigenvalue weighted by Gasteiger charge is 2.40. The Hall–Kier alpha value is -4.77. The van der Waals surface area contributed by atoms with Gasteiger partial charge in [0.1, 0.15) is 11.3 Å². The van der Waals surface area contributed by atoms with E-state index in [1.165, 1.54) is 29.9 Å². The first kappa shape index (κ1) is 30.3. The number of ether oxygens (including phenoxy) is 1. The predicted octanol–water partition coefficient (Wildman–Crippen LogP) is 7.03. The fourth-order valence-corrected chi connectivity index (χ4v) is 7.15. The molecule has 0 spiro atoms. The molecule has 1 unspecified atom stereocenters. The number of carbonyl (C=O) groups is 1. The molecular formula is C34H36N6O4S. The molecule has 1 fully saturated rings. The Balaban J connectivity index is 1.28. The van der Waals surface area contributed by atoms with Crippen molar-refractivity contribution in [2.45, 2.75) is 56.4 Å². The molecule has 1 aliphatic carbocycles. The lowest BCUT2D eigenvalue weighted by Gasteiger charge is -2.38. The van der Waals surface area contributed by atoms with Crippen molar-refractivity contribution in [3.05, 3.63) is 99.8 Å². The number of H-pyrrole nitrogens is 1. The third kappa shape index (κ3) is 6.39. The van der Waals surface area contributed by atoms with E-state index in [4.69, 9.17) is 14.7 Å². The second-order valence-electron chi connectivity index (χ2n) is 11.9. The maximum atomic E-state index is 14.3. The first-order chi connectivity index (χ1) is 21.8. The summed E-state index contributed by atoms with van der Waals surface area (Å²) in [6.45, 7) is 2.39. The highest BCUT2D eigenvalue weighted by molar-refractivity contribution is 7.14. The smallest absolute Gasteiger partial charge is 0.269 e. The van der Waals surface area contributed by atoms with Gasteiger partial charge in [-0.25, -0.2) is 4.98 Å². The van der Waals surface area contributed by atoms with Crippen molar-refractivity contribution < 1.29 is 14.5 Å². The molecule has 0 radical (unpaired) electrons. The van der Waals surface area contributed by atoms with Crippen LogP contribution in [-0.4, -0.2) is 45.0 Å². The van der Waals surface area contributed by atoms with Crippen molar-refractivity contribution >= 4 is 39.0 Å². The van der Waals surface area contributed by atoms with Gasteiger partial charge in [-0.15, -0.1) is 11.3 Å². The molecule has 5 aromatic rings. The number of hydrogen-bond acceptors (Lipinski definition) is 8. The second kappa shape index (κ2) is 12.7. The molecule has 6 rings (SSSR count). The van der Waals surface area contributed by atoms with Gasteiger partial charge in [0.05, 0.1) is 23.9 Å². The van der Waals surface area contributed by atoms with Gasteiger partial charge in [-0.05, 0) is 55.7 Å². The van der Waals surface area contributed by atoms with Crippen molar-refractivity contribution in [1.29, 1.82) is 0 Å². The predicted molar refractivity (Wildman–Crippen MR) is 177 cm³/mol. The number of methoxy groups -OCH3 is 1. The summed E-state index contributed by atoms with van der Waals surface area (Å²) < 4.78 is 5.34. The molecule has 1 atom stereocenters. The van der Waals surface area contributed by atoms with Gasteiger partial charge in [0.15, 0.2) is 5.13 Å². The highest BCUT2D eigenvalue weighted by Crippen LogP contribution is 2.39. The average molecular weight is 625 g/mol. The number of nitrogens with one attached hydrogen (secondary N) is 3. The third-order valence-corrected chi connectivity index (χ3v) is 9.65. The number of amides is 1. The second-order valence-corrected chi connectivity index (χ2v) is 12.8. The number of para-hydroxylation sites is 1. The van der Waals surface area contributed by atoms with Gasteiger partial charge in [-0.3, -0.25) is 19.9 Å². The number of rotatable bonds is 11. The quantitative estimate of drug-likeness (QED) is 0.106. The van der Waals surface area contributed by atoms with E-state index < -0.39 is 10.5 Å². The standard InChI is InChI=1S/C34H36N6O4S/c1-33(18-24-19-35-28-9-5-4-8-27(24)28,39-32-38-29(21-45-32)23-10-12-25(13-11-23)40(42)43)31(41)37-22-34(16-6-3-7-17-34)30-15-14-26(44-2)20-36-30/h4-5,8-15,19-21,35H,3,6-7,16-18,22H2,1-2H3,(H,37,41)(H,38,39). The molecule has 3 heterocycles. The number of aromatic amines is 1. The number of pyridine rings is 1. The van der Waals surface area contributed by atoms with E-state index in [2.05, 4.69) is 21.7 Å². The van der Waals surface area contributed by atoms with Crippen LogP contribution in [0.5, 0.6) is 5.75 Å². The zero-order valence-corrected chi connectivity index (χ0v) is 26.2. The number of anilines is 1. The number of carbonyl (C=O) groups excluding carboxylic acids is 1. The Bertz CT molecular complexity index is 1790. The molecule has 232 valence electrons. The molecule has 0 saturated heterocycles. The number of nitro groups is 1. The van der Waals surface area contributed by atoms with Crippen molar-refractivity contribution in [2.75, 3.05) is 19.0 Å². The molecule has 1 amide bonds. The Morgan fingerprint density at radius 1 is 1.11 bits per heavy atom. The lowest BCUT2D eigenvalue weighted by atomic mass is 9.71. The third-order valence-electron chi connectivity index (χ3n) is 8.89. The van der Waals surface area contributed by atoms with Gasteiger partial charge in [0.25, 0.3) is 5.69 Å². The van der Waals surface area contributed by atoms with Crippen LogP contribution in [0, 0.1) is 10.1 Å². The van der Waals surface area contributed by atoms with E-state index in [1.807, 2.05) is 48.8 Å². The normalized spacial score (nSPS) is 15.7. The van der Waals surface area contributed by atoms with Gasteiger partial charge in [0, 0.05) is 64.3 Å². The van der Waals surface area contributed by atoms with Crippen LogP contribution in [0.3, 0.4) is 0 Å². The summed E-state index contributed by atoms with van der Waals surface area (Å²) >= 11 is 1.40. The van der Waals surface area contributed by atoms with E-state index in [1.54, 1.807) is 25.4 Å². The van der Waals surface area contributed by atoms with Crippen molar-refractivity contribution in [2.24, 2.45) is 0 Å². The molecule has 1 saturated carbocycles. The van der Waals surface area contributed by atoms with Crippen LogP contribution < -0.4 is 15.4 Å². The lowest BCUT2D eigenvalue weighted by molar-refractivity contribution is -0.384. The van der Waals surface area contributed by atoms with Crippen LogP contribution in [0.1, 0.15) is 50.3 Å². The molecule has 2 aromatic carbocycles. The van der Waals surface area contributed by atoms with E-state index in [0.717, 1.165) is 53.4 Å². The molecule has 45 heavy (non-hydrogen) atoms. The monoisotopic (exact) mass is 624 g/mol. The Kier molecular flexibility index (Phi) is 8.53. The van der Waals surface area contributed by atoms with Crippen LogP contribution in [-0.2, 0) is 16.6 Å². The molecule has 3 aromatic heterocycles. The number of nitro benzene ring substituents is 1. The highest BCUT2D eigenvalue weighted by atomic mass is 32.1. The Labute approximate surface area is 265 Å². The van der Waals surface area contributed by atoms with Gasteiger partial charge in [-0.1, -0.05) is 37.5 Å². The summed E-state index contributed by atoms with van der Waals surface area (Å²) in [4.78, 5) is 37.8. The summed E-state index contributed by atoms with van der Waals surface area (Å²) in [7, 11) is 1.63. The van der Waals surface area contributed by atoms with Crippen molar-refractivity contribution in [1.82, 2.24) is 20.3 Å². The minimum absolute atomic E-state index is 0.0240. The first-order valence-electron chi connectivity index (χ1n) is 15.1. The van der Waals surface area contributed by atoms with Crippen LogP contribution in [0.25, 0.3) is 22.2 Å². The molecule has 3 N–H and O–H groups in total. The number of aromatic nitrogens is 3. The molecule has 1 aliphatic rings. The topological polar surface area (TPSA) is 135 Å². The number of benzene rings is 2. The summed E-state index contributed by atoms with van der Waals surface area (Å²) in [5, 5.41) is 21.4. The van der Waals surface area contributed by atoms with E-state index >= 15 is 0 Å². The van der Waals surface area contributed by atoms with Gasteiger partial charge in [0.2, 0.25) is 5.91 Å². The largest absolute Gasteiger partial charge is 0.495 e. The van der Waals surface area contributed by atoms with Crippen LogP contribution in [0.2, 0.25) is 0 Å². The Morgan fingerprint density at radius 2 is 1.89 bits per heavy atom. The van der Waals surface area contributed by atoms with Crippen molar-refractivity contribution in [3.8, 4) is 17.0 Å². The minimum atomic E-state index is -1.04. The summed E-state index contributed by atoms with van der Waals surface area (Å²) in [6.07, 6.45) is 9.37. The number of nitrogens with zero attached hydrogens (tertiary/aromatic N) is 3. The molecule has 10 nitrogen and oxygen atoms in total. The number of non-ortho nitro benzene ring substituents is 1. The summed E-state index contributed by atoms with van der Waals surface area (Å²) in [5.41, 5.74) is 3.17. The van der Waals surface area contributed by atoms with Gasteiger partial charge >= 0.3 is 0 Å². The van der Waals surface area contributed by atoms with Gasteiger partial charge < -0.3 is 20.4 Å². The van der Waals surface area contributed by atoms with Crippen molar-refractivity contribution in [3.63, 3.8) is 0 Å². The SMILES string of the molecule is COc1ccc(C2(CNC(=O)C(C)(Cc3c[nH]c4ccccc34)Nc3nc(-c4ccc([N+](=O)[O-])cc4)cs3)CCCCC2)nc1. The lowest BCUT2D eigenvalue weighted by Crippen LogP contribution is -2.55. The van der Waals surface area contributed by atoms with Crippen LogP contribution >= 0.6 is 11.3 Å². The van der Waals surface area contributed by atoms with E-state index in [9.17, 15) is 14.9 Å². The molecule has 0 aliphatic heterocycles. The first-order valence-corrected chi connectivity index (χ1v) is 16.0. The number of hydrogen-bond donors (Lipinski definition) is 3. The summed E-state index contributed by atoms with van der Waals surface area (Å²) in [6, 6.07) is 18.3. The Morgan fingerprint density at radius 3 is 2.60 bits per heavy atom. The van der Waals surface area contributed by atoms with Crippen LogP contribution in [0.15, 0.2) is 78.4 Å². The fourth-order valence-electron chi connectivity index (χ4n) is 6.31. The fraction of sp³-hybridized carbons (Fsp3) is 0.324. The maximum absolute atomic E-state index is 14.3. The zero-order chi connectivity index (χ0) is 31.4. The van der Waals surface area contributed by atoms with Crippen LogP contribution in [0.4, 0.5) is 10.8 Å². The average Bonchev–Trinajstić information content (AvgIpc) is 3.71. The van der Waals surface area contributed by atoms with E-state index in [-0.39, 0.29) is 17.0 Å². The molecular weight excluding hydrogens is 588 g/mol. The zero-order valence-electron chi connectivity index (χ0n) is 25.3. The maximum Gasteiger partial charge on any atom is 0.269 e. The van der Waals surface area contributed by atoms with E-state index in [0.29, 0.717) is 29.5 Å². The summed E-state index contributed by atoms with van der Waals surface area (Å²) in [5.74, 6) is 0.583. The molecule has 0 bridgehead atoms.